The predicted octanol–water partition coefficient (Wildman–Crippen LogP) is 3.02. The fourth-order valence-electron chi connectivity index (χ4n) is 5.72. The molecule has 0 N–H and O–H groups in total. The summed E-state index contributed by atoms with van der Waals surface area (Å²) in [5.41, 5.74) is 6.18. The van der Waals surface area contributed by atoms with E-state index in [2.05, 4.69) is 0 Å². The Hall–Kier alpha value is -4.98. The summed E-state index contributed by atoms with van der Waals surface area (Å²) >= 11 is 0. The van der Waals surface area contributed by atoms with Crippen molar-refractivity contribution in [1.82, 2.24) is 9.97 Å². The van der Waals surface area contributed by atoms with E-state index in [0.29, 0.717) is 33.6 Å². The van der Waals surface area contributed by atoms with Gasteiger partial charge in [0.2, 0.25) is 0 Å². The van der Waals surface area contributed by atoms with E-state index in [9.17, 15) is 0 Å². The minimum Gasteiger partial charge on any atom is -0.366 e. The van der Waals surface area contributed by atoms with Crippen LogP contribution in [0.15, 0.2) is 127 Å². The van der Waals surface area contributed by atoms with E-state index in [4.69, 9.17) is 39.9 Å². The van der Waals surface area contributed by atoms with Crippen molar-refractivity contribution in [3.63, 3.8) is 0 Å². The molecule has 2 atom stereocenters. The van der Waals surface area contributed by atoms with Crippen LogP contribution in [0.1, 0.15) is 34.6 Å². The first-order valence-corrected chi connectivity index (χ1v) is 13.1. The van der Waals surface area contributed by atoms with Crippen molar-refractivity contribution in [2.24, 2.45) is 30.0 Å². The Bertz CT molecular complexity index is 2200. The minimum atomic E-state index is -0.478. The molecule has 8 nitrogen and oxygen atoms in total. The summed E-state index contributed by atoms with van der Waals surface area (Å²) in [5, 5.41) is 3.67. The Labute approximate surface area is 243 Å². The van der Waals surface area contributed by atoms with E-state index in [1.54, 1.807) is 0 Å². The molecule has 6 aromatic rings. The summed E-state index contributed by atoms with van der Waals surface area (Å²) in [5.74, 6) is 1.19. The first-order valence-electron chi connectivity index (χ1n) is 13.1. The van der Waals surface area contributed by atoms with Crippen molar-refractivity contribution in [3.05, 3.63) is 141 Å². The zero-order chi connectivity index (χ0) is 26.2. The summed E-state index contributed by atoms with van der Waals surface area (Å²) in [4.78, 5) is 39.7. The number of hydrogen-bond donors (Lipinski definition) is 0. The van der Waals surface area contributed by atoms with Crippen LogP contribution < -0.4 is 31.9 Å². The maximum atomic E-state index is 5.04. The van der Waals surface area contributed by atoms with E-state index < -0.39 is 12.3 Å². The topological polar surface area (TPSA) is 102 Å². The molecule has 0 saturated carbocycles. The van der Waals surface area contributed by atoms with E-state index in [1.807, 2.05) is 97.1 Å². The van der Waals surface area contributed by atoms with Crippen LogP contribution in [-0.2, 0) is 17.1 Å². The Balaban J connectivity index is 0.00000256. The van der Waals surface area contributed by atoms with Crippen LogP contribution >= 0.6 is 0 Å². The molecular formula is C32H18CuN8. The van der Waals surface area contributed by atoms with Crippen LogP contribution in [0.2, 0.25) is 0 Å². The Morgan fingerprint density at radius 3 is 1.22 bits per heavy atom. The number of aliphatic imine (C=N–C) groups is 2. The molecule has 2 aromatic heterocycles. The molecule has 5 heterocycles. The maximum absolute atomic E-state index is 5.04. The number of rotatable bonds is 0. The van der Waals surface area contributed by atoms with Crippen molar-refractivity contribution < 1.29 is 17.1 Å². The van der Waals surface area contributed by atoms with Gasteiger partial charge in [-0.15, -0.1) is 0 Å². The van der Waals surface area contributed by atoms with Gasteiger partial charge in [0.1, 0.15) is 12.3 Å². The quantitative estimate of drug-likeness (QED) is 0.259. The summed E-state index contributed by atoms with van der Waals surface area (Å²) in [7, 11) is 0. The average Bonchev–Trinajstić information content (AvgIpc) is 3.73. The van der Waals surface area contributed by atoms with Gasteiger partial charge in [-0.2, -0.15) is 0 Å². The number of nitrogens with zero attached hydrogens (tertiary/aromatic N) is 8. The first kappa shape index (κ1) is 23.9. The van der Waals surface area contributed by atoms with Gasteiger partial charge in [0.05, 0.1) is 11.7 Å². The van der Waals surface area contributed by atoms with Crippen molar-refractivity contribution in [2.75, 3.05) is 0 Å². The molecular weight excluding hydrogens is 560 g/mol. The van der Waals surface area contributed by atoms with Crippen LogP contribution in [-0.4, -0.2) is 11.7 Å². The van der Waals surface area contributed by atoms with Crippen LogP contribution in [0.3, 0.4) is 0 Å². The van der Waals surface area contributed by atoms with Gasteiger partial charge >= 0.3 is 17.1 Å². The molecule has 3 aliphatic heterocycles. The molecule has 4 aromatic carbocycles. The second-order valence-corrected chi connectivity index (χ2v) is 9.92. The largest absolute Gasteiger partial charge is 2.00 e. The molecule has 8 bridgehead atoms. The van der Waals surface area contributed by atoms with Gasteiger partial charge in [-0.25, -0.2) is 0 Å². The SMILES string of the molecule is [Cu+2].c1ccc2c(c1)C1=NC2/N=c2\[n-]c(c3ccccc23)=NC2=NC(/N=c3\[n-]c(c4ccccc34)=N1)c1ccccc12. The number of benzene rings is 4. The molecule has 3 aliphatic rings. The maximum Gasteiger partial charge on any atom is 2.00 e. The molecule has 41 heavy (non-hydrogen) atoms. The monoisotopic (exact) mass is 577 g/mol. The number of amidine groups is 2. The Kier molecular flexibility index (Phi) is 5.25. The van der Waals surface area contributed by atoms with Gasteiger partial charge in [0.15, 0.2) is 0 Å². The number of hydrogen-bond acceptors (Lipinski definition) is 6. The fraction of sp³-hybridized carbons (Fsp3) is 0.0625. The van der Waals surface area contributed by atoms with Crippen LogP contribution in [0.25, 0.3) is 21.5 Å². The third-order valence-electron chi connectivity index (χ3n) is 7.60. The van der Waals surface area contributed by atoms with Gasteiger partial charge in [0.25, 0.3) is 0 Å². The third-order valence-corrected chi connectivity index (χ3v) is 7.60. The molecule has 0 spiro atoms. The van der Waals surface area contributed by atoms with Crippen molar-refractivity contribution >= 4 is 33.2 Å². The average molecular weight is 578 g/mol. The van der Waals surface area contributed by atoms with Crippen molar-refractivity contribution in [1.29, 1.82) is 0 Å². The van der Waals surface area contributed by atoms with Crippen molar-refractivity contribution in [3.8, 4) is 0 Å². The smallest absolute Gasteiger partial charge is 0.366 e. The molecule has 0 aliphatic carbocycles. The zero-order valence-corrected chi connectivity index (χ0v) is 22.2. The molecule has 9 heteroatoms. The molecule has 0 saturated heterocycles. The molecule has 197 valence electrons. The standard InChI is InChI=1S/C32H18N8.Cu/c1-2-10-18-17(9-1)25-33-26(18)38-28-21-13-5-6-14-22(21)30(35-28)40-32-24-16-8-7-15-23(24)31(36-32)39-29-20-12-4-3-11-19(20)27(34-29)37-25;/h1-16,25,32H;/q-2;+2. The van der Waals surface area contributed by atoms with Gasteiger partial charge in [-0.3, -0.25) is 9.98 Å². The molecule has 1 radical (unpaired) electrons. The van der Waals surface area contributed by atoms with Gasteiger partial charge in [0, 0.05) is 33.1 Å². The third kappa shape index (κ3) is 3.60. The summed E-state index contributed by atoms with van der Waals surface area (Å²) < 4.78 is 0. The minimum absolute atomic E-state index is 0. The van der Waals surface area contributed by atoms with Gasteiger partial charge < -0.3 is 29.9 Å². The van der Waals surface area contributed by atoms with Gasteiger partial charge in [-0.1, -0.05) is 97.1 Å². The fourth-order valence-corrected chi connectivity index (χ4v) is 5.72. The molecule has 2 unspecified atom stereocenters. The summed E-state index contributed by atoms with van der Waals surface area (Å²) in [6.45, 7) is 0. The molecule has 0 amide bonds. The Morgan fingerprint density at radius 1 is 0.415 bits per heavy atom. The van der Waals surface area contributed by atoms with Crippen LogP contribution in [0.5, 0.6) is 0 Å². The van der Waals surface area contributed by atoms with Gasteiger partial charge in [-0.05, 0) is 32.7 Å². The number of aromatic nitrogens is 2. The number of fused-ring (bicyclic) bond motifs is 18. The Morgan fingerprint density at radius 2 is 0.780 bits per heavy atom. The van der Waals surface area contributed by atoms with Crippen LogP contribution in [0, 0.1) is 0 Å². The van der Waals surface area contributed by atoms with E-state index in [-0.39, 0.29) is 17.1 Å². The van der Waals surface area contributed by atoms with E-state index in [1.165, 1.54) is 0 Å². The van der Waals surface area contributed by atoms with E-state index >= 15 is 0 Å². The molecule has 0 fully saturated rings. The summed E-state index contributed by atoms with van der Waals surface area (Å²) in [6, 6.07) is 32.2. The second kappa shape index (κ2) is 9.02. The van der Waals surface area contributed by atoms with Crippen LogP contribution in [0.4, 0.5) is 0 Å². The second-order valence-electron chi connectivity index (χ2n) is 9.92. The predicted molar refractivity (Wildman–Crippen MR) is 151 cm³/mol. The van der Waals surface area contributed by atoms with E-state index in [0.717, 1.165) is 43.8 Å². The summed E-state index contributed by atoms with van der Waals surface area (Å²) in [6.07, 6.45) is -0.957. The van der Waals surface area contributed by atoms with Crippen molar-refractivity contribution in [2.45, 2.75) is 12.3 Å². The molecule has 9 rings (SSSR count). The first-order chi connectivity index (χ1) is 19.8. The normalized spacial score (nSPS) is 19.8. The zero-order valence-electron chi connectivity index (χ0n) is 21.3.